The molecule has 0 spiro atoms. The highest BCUT2D eigenvalue weighted by atomic mass is 16.2. The van der Waals surface area contributed by atoms with E-state index in [1.165, 1.54) is 5.56 Å². The molecule has 0 radical (unpaired) electrons. The van der Waals surface area contributed by atoms with Gasteiger partial charge in [0.15, 0.2) is 0 Å². The van der Waals surface area contributed by atoms with E-state index >= 15 is 0 Å². The van der Waals surface area contributed by atoms with Crippen molar-refractivity contribution in [2.45, 2.75) is 12.5 Å². The number of hydrogen-bond acceptors (Lipinski definition) is 3. The minimum atomic E-state index is -0.0623. The summed E-state index contributed by atoms with van der Waals surface area (Å²) in [5.41, 5.74) is 1.35. The zero-order chi connectivity index (χ0) is 16.9. The van der Waals surface area contributed by atoms with E-state index < -0.39 is 0 Å². The normalized spacial score (nSPS) is 20.9. The predicted octanol–water partition coefficient (Wildman–Crippen LogP) is 1.90. The Morgan fingerprint density at radius 1 is 1.38 bits per heavy atom. The van der Waals surface area contributed by atoms with Crippen LogP contribution < -0.4 is 5.32 Å². The molecule has 2 amide bonds. The summed E-state index contributed by atoms with van der Waals surface area (Å²) in [5, 5.41) is 3.08. The van der Waals surface area contributed by atoms with Crippen LogP contribution in [0.15, 0.2) is 42.7 Å². The molecule has 1 aliphatic rings. The van der Waals surface area contributed by atoms with Gasteiger partial charge in [0.25, 0.3) is 0 Å². The van der Waals surface area contributed by atoms with Gasteiger partial charge in [0.05, 0.1) is 6.54 Å². The Balaban J connectivity index is 1.55. The maximum Gasteiger partial charge on any atom is 0.317 e. The smallest absolute Gasteiger partial charge is 0.317 e. The molecule has 2 aromatic rings. The summed E-state index contributed by atoms with van der Waals surface area (Å²) in [6.45, 7) is 3.20. The molecule has 3 rings (SSSR count). The van der Waals surface area contributed by atoms with Gasteiger partial charge in [-0.05, 0) is 18.5 Å². The summed E-state index contributed by atoms with van der Waals surface area (Å²) in [6, 6.07) is 10.5. The summed E-state index contributed by atoms with van der Waals surface area (Å²) < 4.78 is 0. The summed E-state index contributed by atoms with van der Waals surface area (Å²) in [5.74, 6) is 1.68. The number of amides is 2. The lowest BCUT2D eigenvalue weighted by Crippen LogP contribution is -2.40. The van der Waals surface area contributed by atoms with Gasteiger partial charge >= 0.3 is 6.03 Å². The second-order valence-corrected chi connectivity index (χ2v) is 6.58. The van der Waals surface area contributed by atoms with Crippen LogP contribution in [0.1, 0.15) is 17.3 Å². The lowest BCUT2D eigenvalue weighted by molar-refractivity contribution is 0.203. The number of H-pyrrole nitrogens is 1. The average Bonchev–Trinajstić information content (AvgIpc) is 3.22. The molecular formula is C18H25N5O. The Kier molecular flexibility index (Phi) is 5.15. The minimum absolute atomic E-state index is 0.0623. The van der Waals surface area contributed by atoms with Crippen LogP contribution in [-0.2, 0) is 6.54 Å². The molecule has 0 saturated carbocycles. The van der Waals surface area contributed by atoms with Crippen molar-refractivity contribution in [2.75, 3.05) is 33.7 Å². The van der Waals surface area contributed by atoms with E-state index in [0.717, 1.165) is 18.9 Å². The van der Waals surface area contributed by atoms with Crippen LogP contribution in [0.3, 0.4) is 0 Å². The third-order valence-corrected chi connectivity index (χ3v) is 4.66. The van der Waals surface area contributed by atoms with Crippen molar-refractivity contribution in [1.82, 2.24) is 25.1 Å². The van der Waals surface area contributed by atoms with Gasteiger partial charge in [-0.15, -0.1) is 0 Å². The van der Waals surface area contributed by atoms with Crippen LogP contribution in [0.25, 0.3) is 0 Å². The first-order chi connectivity index (χ1) is 11.6. The summed E-state index contributed by atoms with van der Waals surface area (Å²) in [7, 11) is 3.92. The second-order valence-electron chi connectivity index (χ2n) is 6.58. The number of aromatic amines is 1. The zero-order valence-electron chi connectivity index (χ0n) is 14.3. The lowest BCUT2D eigenvalue weighted by atomic mass is 9.89. The highest BCUT2D eigenvalue weighted by Gasteiger charge is 2.32. The molecule has 6 heteroatoms. The lowest BCUT2D eigenvalue weighted by Gasteiger charge is -2.22. The van der Waals surface area contributed by atoms with E-state index in [0.29, 0.717) is 24.9 Å². The first kappa shape index (κ1) is 16.5. The third-order valence-electron chi connectivity index (χ3n) is 4.66. The highest BCUT2D eigenvalue weighted by Crippen LogP contribution is 2.31. The van der Waals surface area contributed by atoms with Crippen molar-refractivity contribution in [1.29, 1.82) is 0 Å². The van der Waals surface area contributed by atoms with Gasteiger partial charge in [-0.1, -0.05) is 30.3 Å². The highest BCUT2D eigenvalue weighted by molar-refractivity contribution is 5.73. The van der Waals surface area contributed by atoms with E-state index in [-0.39, 0.29) is 6.03 Å². The number of urea groups is 1. The Morgan fingerprint density at radius 3 is 2.88 bits per heavy atom. The monoisotopic (exact) mass is 327 g/mol. The molecular weight excluding hydrogens is 302 g/mol. The Hall–Kier alpha value is -2.34. The first-order valence-corrected chi connectivity index (χ1v) is 8.34. The number of likely N-dealkylation sites (N-methyl/N-ethyl adjacent to an activating group) is 1. The predicted molar refractivity (Wildman–Crippen MR) is 93.6 cm³/mol. The summed E-state index contributed by atoms with van der Waals surface area (Å²) >= 11 is 0. The Labute approximate surface area is 142 Å². The number of aromatic nitrogens is 2. The molecule has 1 saturated heterocycles. The molecule has 2 atom stereocenters. The van der Waals surface area contributed by atoms with Crippen LogP contribution in [0, 0.1) is 5.92 Å². The maximum absolute atomic E-state index is 12.3. The molecule has 1 aromatic carbocycles. The van der Waals surface area contributed by atoms with Crippen LogP contribution in [0.2, 0.25) is 0 Å². The fourth-order valence-electron chi connectivity index (χ4n) is 3.41. The molecule has 128 valence electrons. The molecule has 1 fully saturated rings. The van der Waals surface area contributed by atoms with Gasteiger partial charge in [-0.3, -0.25) is 0 Å². The SMILES string of the molecule is CN1C[C@@H](CNC(=O)N(C)Cc2ncc[nH]2)[C@H](c2ccccc2)C1. The Morgan fingerprint density at radius 2 is 2.17 bits per heavy atom. The Bertz CT molecular complexity index is 643. The van der Waals surface area contributed by atoms with Crippen molar-refractivity contribution >= 4 is 6.03 Å². The number of hydrogen-bond donors (Lipinski definition) is 2. The van der Waals surface area contributed by atoms with Crippen molar-refractivity contribution < 1.29 is 4.79 Å². The third kappa shape index (κ3) is 3.94. The van der Waals surface area contributed by atoms with E-state index in [2.05, 4.69) is 51.5 Å². The van der Waals surface area contributed by atoms with Gasteiger partial charge < -0.3 is 20.1 Å². The van der Waals surface area contributed by atoms with Gasteiger partial charge in [0.1, 0.15) is 5.82 Å². The van der Waals surface area contributed by atoms with Crippen LogP contribution in [0.4, 0.5) is 4.79 Å². The molecule has 6 nitrogen and oxygen atoms in total. The van der Waals surface area contributed by atoms with Crippen LogP contribution >= 0.6 is 0 Å². The van der Waals surface area contributed by atoms with Crippen molar-refractivity contribution in [3.8, 4) is 0 Å². The van der Waals surface area contributed by atoms with Gasteiger partial charge in [-0.25, -0.2) is 9.78 Å². The molecule has 24 heavy (non-hydrogen) atoms. The first-order valence-electron chi connectivity index (χ1n) is 8.34. The number of nitrogens with zero attached hydrogens (tertiary/aromatic N) is 3. The number of likely N-dealkylation sites (tertiary alicyclic amines) is 1. The quantitative estimate of drug-likeness (QED) is 0.881. The molecule has 1 aliphatic heterocycles. The summed E-state index contributed by atoms with van der Waals surface area (Å²) in [6.07, 6.45) is 3.46. The standard InChI is InChI=1S/C18H25N5O/c1-22-11-15(16(12-22)14-6-4-3-5-7-14)10-21-18(24)23(2)13-17-19-8-9-20-17/h3-9,15-16H,10-13H2,1-2H3,(H,19,20)(H,21,24)/t15-,16+/m1/s1. The number of carbonyl (C=O) groups is 1. The van der Waals surface area contributed by atoms with Crippen LogP contribution in [0.5, 0.6) is 0 Å². The van der Waals surface area contributed by atoms with Crippen LogP contribution in [-0.4, -0.2) is 59.5 Å². The van der Waals surface area contributed by atoms with Gasteiger partial charge in [-0.2, -0.15) is 0 Å². The molecule has 0 bridgehead atoms. The number of nitrogens with one attached hydrogen (secondary N) is 2. The number of benzene rings is 1. The molecule has 2 heterocycles. The second kappa shape index (κ2) is 7.49. The van der Waals surface area contributed by atoms with Gasteiger partial charge in [0, 0.05) is 45.0 Å². The van der Waals surface area contributed by atoms with E-state index in [9.17, 15) is 4.79 Å². The average molecular weight is 327 g/mol. The maximum atomic E-state index is 12.3. The fraction of sp³-hybridized carbons (Fsp3) is 0.444. The largest absolute Gasteiger partial charge is 0.347 e. The van der Waals surface area contributed by atoms with E-state index in [4.69, 9.17) is 0 Å². The van der Waals surface area contributed by atoms with E-state index in [1.54, 1.807) is 24.3 Å². The fourth-order valence-corrected chi connectivity index (χ4v) is 3.41. The number of carbonyl (C=O) groups excluding carboxylic acids is 1. The van der Waals surface area contributed by atoms with Crippen molar-refractivity contribution in [2.24, 2.45) is 5.92 Å². The van der Waals surface area contributed by atoms with Gasteiger partial charge in [0.2, 0.25) is 0 Å². The van der Waals surface area contributed by atoms with E-state index in [1.807, 2.05) is 6.07 Å². The summed E-state index contributed by atoms with van der Waals surface area (Å²) in [4.78, 5) is 23.5. The van der Waals surface area contributed by atoms with Crippen molar-refractivity contribution in [3.63, 3.8) is 0 Å². The number of imidazole rings is 1. The molecule has 0 unspecified atom stereocenters. The molecule has 0 aliphatic carbocycles. The zero-order valence-corrected chi connectivity index (χ0v) is 14.3. The molecule has 2 N–H and O–H groups in total. The number of rotatable bonds is 5. The van der Waals surface area contributed by atoms with Crippen molar-refractivity contribution in [3.05, 3.63) is 54.1 Å². The minimum Gasteiger partial charge on any atom is -0.347 e. The topological polar surface area (TPSA) is 64.3 Å². The molecule has 1 aromatic heterocycles.